The summed E-state index contributed by atoms with van der Waals surface area (Å²) in [5.41, 5.74) is 3.65. The van der Waals surface area contributed by atoms with E-state index in [9.17, 15) is 0 Å². The van der Waals surface area contributed by atoms with Gasteiger partial charge < -0.3 is 9.47 Å². The molecule has 0 spiro atoms. The van der Waals surface area contributed by atoms with Crippen molar-refractivity contribution in [1.82, 2.24) is 0 Å². The fraction of sp³-hybridized carbons (Fsp3) is 0.600. The fourth-order valence-corrected chi connectivity index (χ4v) is 1.43. The summed E-state index contributed by atoms with van der Waals surface area (Å²) < 4.78 is 10.5. The standard InChI is InChI=1S/C11H16O2.2C2H6/c1-7-6-10(12-4)11(13-5)9(3)8(7)2;2*1-2/h6H,1-5H3;2*1-2H3. The summed E-state index contributed by atoms with van der Waals surface area (Å²) in [6.07, 6.45) is 0. The third kappa shape index (κ3) is 4.68. The topological polar surface area (TPSA) is 18.5 Å². The lowest BCUT2D eigenvalue weighted by Crippen LogP contribution is -1.97. The van der Waals surface area contributed by atoms with E-state index in [1.807, 2.05) is 40.7 Å². The highest BCUT2D eigenvalue weighted by atomic mass is 16.5. The Balaban J connectivity index is 0. The summed E-state index contributed by atoms with van der Waals surface area (Å²) >= 11 is 0. The Hall–Kier alpha value is -1.18. The van der Waals surface area contributed by atoms with Crippen LogP contribution >= 0.6 is 0 Å². The molecule has 0 heterocycles. The molecular formula is C15H28O2. The minimum Gasteiger partial charge on any atom is -0.493 e. The number of rotatable bonds is 2. The Morgan fingerprint density at radius 1 is 0.765 bits per heavy atom. The van der Waals surface area contributed by atoms with Crippen LogP contribution in [0.2, 0.25) is 0 Å². The molecule has 17 heavy (non-hydrogen) atoms. The minimum absolute atomic E-state index is 0.808. The van der Waals surface area contributed by atoms with Crippen LogP contribution in [0.15, 0.2) is 6.07 Å². The number of hydrogen-bond donors (Lipinski definition) is 0. The second-order valence-electron chi connectivity index (χ2n) is 3.18. The van der Waals surface area contributed by atoms with Crippen molar-refractivity contribution >= 4 is 0 Å². The molecule has 1 rings (SSSR count). The molecule has 1 aromatic rings. The molecule has 0 aliphatic rings. The Morgan fingerprint density at radius 2 is 1.24 bits per heavy atom. The molecule has 0 amide bonds. The fourth-order valence-electron chi connectivity index (χ4n) is 1.43. The third-order valence-corrected chi connectivity index (χ3v) is 2.49. The van der Waals surface area contributed by atoms with E-state index in [1.165, 1.54) is 11.1 Å². The summed E-state index contributed by atoms with van der Waals surface area (Å²) in [5, 5.41) is 0. The predicted molar refractivity (Wildman–Crippen MR) is 76.5 cm³/mol. The van der Waals surface area contributed by atoms with Crippen molar-refractivity contribution in [2.45, 2.75) is 48.5 Å². The lowest BCUT2D eigenvalue weighted by Gasteiger charge is -2.14. The SMILES string of the molecule is CC.CC.COc1cc(C)c(C)c(C)c1OC. The Bertz CT molecular complexity index is 317. The van der Waals surface area contributed by atoms with Gasteiger partial charge in [0.25, 0.3) is 0 Å². The largest absolute Gasteiger partial charge is 0.493 e. The van der Waals surface area contributed by atoms with Crippen molar-refractivity contribution in [3.63, 3.8) is 0 Å². The average Bonchev–Trinajstić information content (AvgIpc) is 2.40. The molecule has 0 saturated carbocycles. The van der Waals surface area contributed by atoms with Gasteiger partial charge in [0.05, 0.1) is 14.2 Å². The second kappa shape index (κ2) is 10.0. The van der Waals surface area contributed by atoms with Crippen LogP contribution in [0, 0.1) is 20.8 Å². The molecule has 0 aliphatic heterocycles. The number of hydrogen-bond acceptors (Lipinski definition) is 2. The number of methoxy groups -OCH3 is 2. The van der Waals surface area contributed by atoms with Gasteiger partial charge in [-0.05, 0) is 43.5 Å². The number of benzene rings is 1. The van der Waals surface area contributed by atoms with Gasteiger partial charge in [-0.1, -0.05) is 27.7 Å². The first-order chi connectivity index (χ1) is 8.11. The summed E-state index contributed by atoms with van der Waals surface area (Å²) in [6.45, 7) is 14.2. The van der Waals surface area contributed by atoms with Gasteiger partial charge in [0.15, 0.2) is 11.5 Å². The molecule has 0 N–H and O–H groups in total. The first kappa shape index (κ1) is 18.2. The van der Waals surface area contributed by atoms with E-state index in [2.05, 4.69) is 13.8 Å². The first-order valence-electron chi connectivity index (χ1n) is 6.30. The molecule has 0 saturated heterocycles. The zero-order valence-electron chi connectivity index (χ0n) is 12.9. The second-order valence-corrected chi connectivity index (χ2v) is 3.18. The smallest absolute Gasteiger partial charge is 0.163 e. The minimum atomic E-state index is 0.808. The van der Waals surface area contributed by atoms with Crippen molar-refractivity contribution in [3.05, 3.63) is 22.8 Å². The van der Waals surface area contributed by atoms with Crippen LogP contribution in [0.3, 0.4) is 0 Å². The van der Waals surface area contributed by atoms with Gasteiger partial charge in [0.1, 0.15) is 0 Å². The Morgan fingerprint density at radius 3 is 1.59 bits per heavy atom. The highest BCUT2D eigenvalue weighted by Crippen LogP contribution is 2.34. The van der Waals surface area contributed by atoms with E-state index in [4.69, 9.17) is 9.47 Å². The van der Waals surface area contributed by atoms with Gasteiger partial charge in [-0.15, -0.1) is 0 Å². The maximum atomic E-state index is 5.28. The van der Waals surface area contributed by atoms with Gasteiger partial charge in [-0.2, -0.15) is 0 Å². The number of ether oxygens (including phenoxy) is 2. The summed E-state index contributed by atoms with van der Waals surface area (Å²) in [5.74, 6) is 1.65. The molecule has 0 bridgehead atoms. The van der Waals surface area contributed by atoms with E-state index < -0.39 is 0 Å². The molecule has 0 unspecified atom stereocenters. The van der Waals surface area contributed by atoms with E-state index in [0.29, 0.717) is 0 Å². The van der Waals surface area contributed by atoms with Crippen LogP contribution in [0.5, 0.6) is 11.5 Å². The van der Waals surface area contributed by atoms with Crippen LogP contribution in [-0.4, -0.2) is 14.2 Å². The Kier molecular flexibility index (Phi) is 10.7. The highest BCUT2D eigenvalue weighted by molar-refractivity contribution is 5.53. The predicted octanol–water partition coefficient (Wildman–Crippen LogP) is 4.68. The number of aryl methyl sites for hydroxylation is 1. The summed E-state index contributed by atoms with van der Waals surface area (Å²) in [6, 6.07) is 2.00. The molecule has 0 aliphatic carbocycles. The van der Waals surface area contributed by atoms with Crippen LogP contribution in [-0.2, 0) is 0 Å². The van der Waals surface area contributed by atoms with Gasteiger partial charge in [-0.25, -0.2) is 0 Å². The Labute approximate surface area is 107 Å². The summed E-state index contributed by atoms with van der Waals surface area (Å²) in [7, 11) is 3.33. The molecule has 2 nitrogen and oxygen atoms in total. The van der Waals surface area contributed by atoms with E-state index >= 15 is 0 Å². The zero-order valence-corrected chi connectivity index (χ0v) is 12.9. The van der Waals surface area contributed by atoms with Gasteiger partial charge in [0, 0.05) is 0 Å². The maximum Gasteiger partial charge on any atom is 0.163 e. The molecule has 0 fully saturated rings. The molecule has 0 aromatic heterocycles. The van der Waals surface area contributed by atoms with Gasteiger partial charge in [0.2, 0.25) is 0 Å². The van der Waals surface area contributed by atoms with Crippen molar-refractivity contribution in [1.29, 1.82) is 0 Å². The molecule has 100 valence electrons. The van der Waals surface area contributed by atoms with E-state index in [0.717, 1.165) is 17.1 Å². The highest BCUT2D eigenvalue weighted by Gasteiger charge is 2.10. The van der Waals surface area contributed by atoms with Crippen LogP contribution in [0.4, 0.5) is 0 Å². The van der Waals surface area contributed by atoms with Crippen molar-refractivity contribution in [2.24, 2.45) is 0 Å². The van der Waals surface area contributed by atoms with Gasteiger partial charge >= 0.3 is 0 Å². The van der Waals surface area contributed by atoms with E-state index in [1.54, 1.807) is 14.2 Å². The molecule has 0 radical (unpaired) electrons. The zero-order chi connectivity index (χ0) is 14.0. The summed E-state index contributed by atoms with van der Waals surface area (Å²) in [4.78, 5) is 0. The maximum absolute atomic E-state index is 5.28. The van der Waals surface area contributed by atoms with E-state index in [-0.39, 0.29) is 0 Å². The third-order valence-electron chi connectivity index (χ3n) is 2.49. The normalized spacial score (nSPS) is 8.29. The first-order valence-corrected chi connectivity index (χ1v) is 6.30. The lowest BCUT2D eigenvalue weighted by atomic mass is 10.0. The molecule has 2 heteroatoms. The van der Waals surface area contributed by atoms with Crippen molar-refractivity contribution in [3.8, 4) is 11.5 Å². The van der Waals surface area contributed by atoms with Crippen LogP contribution < -0.4 is 9.47 Å². The average molecular weight is 240 g/mol. The molecule has 1 aromatic carbocycles. The molecular weight excluding hydrogens is 212 g/mol. The van der Waals surface area contributed by atoms with Crippen LogP contribution in [0.25, 0.3) is 0 Å². The molecule has 0 atom stereocenters. The lowest BCUT2D eigenvalue weighted by molar-refractivity contribution is 0.352. The van der Waals surface area contributed by atoms with Crippen molar-refractivity contribution in [2.75, 3.05) is 14.2 Å². The quantitative estimate of drug-likeness (QED) is 0.747. The van der Waals surface area contributed by atoms with Crippen LogP contribution in [0.1, 0.15) is 44.4 Å². The monoisotopic (exact) mass is 240 g/mol. The van der Waals surface area contributed by atoms with Crippen molar-refractivity contribution < 1.29 is 9.47 Å². The van der Waals surface area contributed by atoms with Gasteiger partial charge in [-0.3, -0.25) is 0 Å².